The number of nitrogens with two attached hydrogens (primary N) is 1. The molecule has 7 heteroatoms. The number of primary amides is 1. The second-order valence-electron chi connectivity index (χ2n) is 3.09. The summed E-state index contributed by atoms with van der Waals surface area (Å²) in [7, 11) is 0. The van der Waals surface area contributed by atoms with Gasteiger partial charge in [0.1, 0.15) is 5.58 Å². The molecular formula is C10H6ClN3O3. The first-order chi connectivity index (χ1) is 8.09. The van der Waals surface area contributed by atoms with Crippen LogP contribution >= 0.6 is 11.6 Å². The Morgan fingerprint density at radius 1 is 1.35 bits per heavy atom. The zero-order valence-corrected chi connectivity index (χ0v) is 9.14. The highest BCUT2D eigenvalue weighted by molar-refractivity contribution is 6.37. The van der Waals surface area contributed by atoms with Crippen molar-refractivity contribution in [3.8, 4) is 0 Å². The van der Waals surface area contributed by atoms with Crippen molar-refractivity contribution < 1.29 is 9.21 Å². The standard InChI is InChI=1S/C10H6ClN3O3/c11-7-5-3-1-2-4-6(5)17-9(15)8(7)13-14-10(12)16/h1-4H,(H2,12,16). The van der Waals surface area contributed by atoms with Crippen molar-refractivity contribution in [3.63, 3.8) is 0 Å². The Morgan fingerprint density at radius 2 is 2.06 bits per heavy atom. The van der Waals surface area contributed by atoms with E-state index in [4.69, 9.17) is 21.8 Å². The Morgan fingerprint density at radius 3 is 2.76 bits per heavy atom. The summed E-state index contributed by atoms with van der Waals surface area (Å²) in [5.74, 6) is 0. The van der Waals surface area contributed by atoms with Crippen molar-refractivity contribution in [1.29, 1.82) is 0 Å². The average Bonchev–Trinajstić information content (AvgIpc) is 2.28. The van der Waals surface area contributed by atoms with Crippen LogP contribution in [0.3, 0.4) is 0 Å². The molecule has 2 rings (SSSR count). The first-order valence-corrected chi connectivity index (χ1v) is 4.90. The molecule has 0 fully saturated rings. The predicted octanol–water partition coefficient (Wildman–Crippen LogP) is 2.61. The summed E-state index contributed by atoms with van der Waals surface area (Å²) in [6.07, 6.45) is 0. The molecule has 1 heterocycles. The Kier molecular flexibility index (Phi) is 2.88. The van der Waals surface area contributed by atoms with Gasteiger partial charge in [-0.2, -0.15) is 0 Å². The van der Waals surface area contributed by atoms with Gasteiger partial charge >= 0.3 is 11.7 Å². The number of benzene rings is 1. The molecular weight excluding hydrogens is 246 g/mol. The van der Waals surface area contributed by atoms with Gasteiger partial charge in [-0.15, -0.1) is 5.11 Å². The van der Waals surface area contributed by atoms with E-state index < -0.39 is 11.7 Å². The Labute approximate surface area is 99.7 Å². The molecule has 0 radical (unpaired) electrons. The number of amides is 2. The highest BCUT2D eigenvalue weighted by atomic mass is 35.5. The van der Waals surface area contributed by atoms with E-state index in [-0.39, 0.29) is 10.7 Å². The van der Waals surface area contributed by atoms with Gasteiger partial charge in [0.05, 0.1) is 5.02 Å². The third kappa shape index (κ3) is 2.16. The largest absolute Gasteiger partial charge is 0.421 e. The van der Waals surface area contributed by atoms with E-state index in [1.54, 1.807) is 24.3 Å². The Hall–Kier alpha value is -2.21. The van der Waals surface area contributed by atoms with Crippen LogP contribution in [-0.4, -0.2) is 6.03 Å². The number of fused-ring (bicyclic) bond motifs is 1. The lowest BCUT2D eigenvalue weighted by atomic mass is 10.2. The number of rotatable bonds is 1. The Bertz CT molecular complexity index is 678. The number of hydrogen-bond donors (Lipinski definition) is 1. The van der Waals surface area contributed by atoms with Crippen molar-refractivity contribution in [2.45, 2.75) is 0 Å². The van der Waals surface area contributed by atoms with Crippen LogP contribution in [0, 0.1) is 0 Å². The van der Waals surface area contributed by atoms with Gasteiger partial charge in [-0.3, -0.25) is 0 Å². The van der Waals surface area contributed by atoms with Crippen LogP contribution in [0.25, 0.3) is 11.0 Å². The number of para-hydroxylation sites is 1. The topological polar surface area (TPSA) is 98.0 Å². The van der Waals surface area contributed by atoms with Crippen LogP contribution in [0.5, 0.6) is 0 Å². The molecule has 0 atom stereocenters. The number of azo groups is 1. The summed E-state index contributed by atoms with van der Waals surface area (Å²) in [6.45, 7) is 0. The van der Waals surface area contributed by atoms with E-state index in [0.717, 1.165) is 0 Å². The molecule has 0 aliphatic heterocycles. The van der Waals surface area contributed by atoms with E-state index in [9.17, 15) is 9.59 Å². The summed E-state index contributed by atoms with van der Waals surface area (Å²) in [5, 5.41) is 6.99. The molecule has 0 saturated carbocycles. The minimum Gasteiger partial charge on any atom is -0.421 e. The van der Waals surface area contributed by atoms with Crippen LogP contribution in [0.15, 0.2) is 43.7 Å². The summed E-state index contributed by atoms with van der Waals surface area (Å²) in [4.78, 5) is 22.0. The van der Waals surface area contributed by atoms with E-state index in [0.29, 0.717) is 11.0 Å². The second kappa shape index (κ2) is 4.34. The highest BCUT2D eigenvalue weighted by Crippen LogP contribution is 2.29. The quantitative estimate of drug-likeness (QED) is 0.623. The molecule has 1 aromatic heterocycles. The molecule has 0 aliphatic carbocycles. The van der Waals surface area contributed by atoms with Crippen molar-refractivity contribution in [3.05, 3.63) is 39.7 Å². The molecule has 0 spiro atoms. The lowest BCUT2D eigenvalue weighted by Gasteiger charge is -2.00. The van der Waals surface area contributed by atoms with E-state index in [1.165, 1.54) is 0 Å². The van der Waals surface area contributed by atoms with Crippen molar-refractivity contribution >= 4 is 34.3 Å². The van der Waals surface area contributed by atoms with Crippen molar-refractivity contribution in [2.75, 3.05) is 0 Å². The zero-order chi connectivity index (χ0) is 12.4. The smallest absolute Gasteiger partial charge is 0.365 e. The van der Waals surface area contributed by atoms with Gasteiger partial charge < -0.3 is 10.2 Å². The normalized spacial score (nSPS) is 11.1. The minimum atomic E-state index is -1.02. The average molecular weight is 252 g/mol. The molecule has 0 bridgehead atoms. The van der Waals surface area contributed by atoms with Gasteiger partial charge in [0.25, 0.3) is 0 Å². The van der Waals surface area contributed by atoms with Crippen LogP contribution < -0.4 is 11.4 Å². The van der Waals surface area contributed by atoms with Gasteiger partial charge in [-0.25, -0.2) is 9.59 Å². The highest BCUT2D eigenvalue weighted by Gasteiger charge is 2.12. The number of halogens is 1. The third-order valence-electron chi connectivity index (χ3n) is 1.98. The molecule has 2 amide bonds. The molecule has 17 heavy (non-hydrogen) atoms. The molecule has 0 unspecified atom stereocenters. The number of hydrogen-bond acceptors (Lipinski definition) is 4. The first-order valence-electron chi connectivity index (χ1n) is 4.52. The molecule has 86 valence electrons. The lowest BCUT2D eigenvalue weighted by molar-refractivity contribution is 0.255. The molecule has 0 aliphatic rings. The van der Waals surface area contributed by atoms with Gasteiger partial charge in [0, 0.05) is 5.39 Å². The number of urea groups is 1. The van der Waals surface area contributed by atoms with Gasteiger partial charge in [0.15, 0.2) is 5.69 Å². The summed E-state index contributed by atoms with van der Waals surface area (Å²) < 4.78 is 4.96. The van der Waals surface area contributed by atoms with Crippen LogP contribution in [-0.2, 0) is 0 Å². The summed E-state index contributed by atoms with van der Waals surface area (Å²) >= 11 is 5.96. The fourth-order valence-corrected chi connectivity index (χ4v) is 1.56. The van der Waals surface area contributed by atoms with Crippen LogP contribution in [0.2, 0.25) is 5.02 Å². The number of nitrogens with zero attached hydrogens (tertiary/aromatic N) is 2. The van der Waals surface area contributed by atoms with Crippen molar-refractivity contribution in [2.24, 2.45) is 16.0 Å². The van der Waals surface area contributed by atoms with E-state index >= 15 is 0 Å². The molecule has 6 nitrogen and oxygen atoms in total. The van der Waals surface area contributed by atoms with Gasteiger partial charge in [-0.1, -0.05) is 28.8 Å². The molecule has 1 aromatic carbocycles. The summed E-state index contributed by atoms with van der Waals surface area (Å²) in [6, 6.07) is 5.66. The number of carbonyl (C=O) groups is 1. The van der Waals surface area contributed by atoms with Crippen LogP contribution in [0.1, 0.15) is 0 Å². The first kappa shape index (κ1) is 11.3. The molecule has 0 saturated heterocycles. The zero-order valence-electron chi connectivity index (χ0n) is 8.38. The summed E-state index contributed by atoms with van der Waals surface area (Å²) in [5.41, 5.74) is 4.09. The predicted molar refractivity (Wildman–Crippen MR) is 61.6 cm³/mol. The van der Waals surface area contributed by atoms with E-state index in [2.05, 4.69) is 10.2 Å². The fraction of sp³-hybridized carbons (Fsp3) is 0. The fourth-order valence-electron chi connectivity index (χ4n) is 1.29. The SMILES string of the molecule is NC(=O)N=Nc1c(Cl)c2ccccc2oc1=O. The minimum absolute atomic E-state index is 0.0712. The maximum Gasteiger partial charge on any atom is 0.365 e. The maximum atomic E-state index is 11.5. The van der Waals surface area contributed by atoms with Gasteiger partial charge in [-0.05, 0) is 12.1 Å². The monoisotopic (exact) mass is 251 g/mol. The van der Waals surface area contributed by atoms with Crippen LogP contribution in [0.4, 0.5) is 10.5 Å². The van der Waals surface area contributed by atoms with Crippen molar-refractivity contribution in [1.82, 2.24) is 0 Å². The second-order valence-corrected chi connectivity index (χ2v) is 3.46. The number of carbonyl (C=O) groups excluding carboxylic acids is 1. The Balaban J connectivity index is 2.72. The third-order valence-corrected chi connectivity index (χ3v) is 2.36. The van der Waals surface area contributed by atoms with E-state index in [1.807, 2.05) is 0 Å². The molecule has 2 aromatic rings. The molecule has 2 N–H and O–H groups in total. The maximum absolute atomic E-state index is 11.5. The van der Waals surface area contributed by atoms with Gasteiger partial charge in [0.2, 0.25) is 0 Å². The lowest BCUT2D eigenvalue weighted by Crippen LogP contribution is -2.04.